The number of pyridine rings is 1. The first-order chi connectivity index (χ1) is 17.3. The Morgan fingerprint density at radius 1 is 0.944 bits per heavy atom. The maximum absolute atomic E-state index is 13.9. The molecule has 4 aromatic rings. The van der Waals surface area contributed by atoms with Crippen LogP contribution >= 0.6 is 0 Å². The summed E-state index contributed by atoms with van der Waals surface area (Å²) in [5.74, 6) is -0.528. The summed E-state index contributed by atoms with van der Waals surface area (Å²) in [4.78, 5) is 28.7. The predicted molar refractivity (Wildman–Crippen MR) is 136 cm³/mol. The SMILES string of the molecule is COC(=O)c1ccc(NC(=O)CN(c2ccc(OC)cc2)S(=O)(=O)c2cccc3cnccc23)cc1. The number of sulfonamides is 1. The number of ether oxygens (including phenoxy) is 2. The smallest absolute Gasteiger partial charge is 0.337 e. The van der Waals surface area contributed by atoms with Gasteiger partial charge in [0.05, 0.1) is 30.4 Å². The van der Waals surface area contributed by atoms with Gasteiger partial charge in [-0.2, -0.15) is 0 Å². The van der Waals surface area contributed by atoms with E-state index in [9.17, 15) is 18.0 Å². The van der Waals surface area contributed by atoms with Crippen LogP contribution in [0.15, 0.2) is 90.1 Å². The summed E-state index contributed by atoms with van der Waals surface area (Å²) in [6.45, 7) is -0.491. The molecule has 3 aromatic carbocycles. The molecule has 1 N–H and O–H groups in total. The molecule has 0 unspecified atom stereocenters. The number of anilines is 2. The molecule has 1 aromatic heterocycles. The van der Waals surface area contributed by atoms with Gasteiger partial charge >= 0.3 is 5.97 Å². The average Bonchev–Trinajstić information content (AvgIpc) is 2.91. The second-order valence-corrected chi connectivity index (χ2v) is 9.51. The van der Waals surface area contributed by atoms with E-state index in [4.69, 9.17) is 4.74 Å². The molecule has 0 radical (unpaired) electrons. The number of carbonyl (C=O) groups is 2. The Kier molecular flexibility index (Phi) is 7.16. The van der Waals surface area contributed by atoms with Crippen molar-refractivity contribution >= 4 is 44.0 Å². The maximum atomic E-state index is 13.9. The van der Waals surface area contributed by atoms with Crippen LogP contribution in [0.25, 0.3) is 10.8 Å². The first kappa shape index (κ1) is 24.7. The lowest BCUT2D eigenvalue weighted by Gasteiger charge is -2.25. The van der Waals surface area contributed by atoms with E-state index in [2.05, 4.69) is 15.0 Å². The lowest BCUT2D eigenvalue weighted by molar-refractivity contribution is -0.114. The minimum Gasteiger partial charge on any atom is -0.497 e. The number of nitrogens with zero attached hydrogens (tertiary/aromatic N) is 2. The molecule has 184 valence electrons. The van der Waals surface area contributed by atoms with Crippen molar-refractivity contribution in [3.8, 4) is 5.75 Å². The van der Waals surface area contributed by atoms with E-state index in [-0.39, 0.29) is 10.6 Å². The largest absolute Gasteiger partial charge is 0.497 e. The summed E-state index contributed by atoms with van der Waals surface area (Å²) in [6.07, 6.45) is 3.10. The van der Waals surface area contributed by atoms with Gasteiger partial charge in [-0.05, 0) is 60.7 Å². The molecule has 36 heavy (non-hydrogen) atoms. The molecule has 1 amide bonds. The van der Waals surface area contributed by atoms with E-state index in [0.717, 1.165) is 4.31 Å². The van der Waals surface area contributed by atoms with Crippen LogP contribution in [0.4, 0.5) is 11.4 Å². The number of methoxy groups -OCH3 is 2. The summed E-state index contributed by atoms with van der Waals surface area (Å²) in [5.41, 5.74) is 1.01. The standard InChI is InChI=1S/C26H23N3O6S/c1-34-22-12-10-21(11-13-22)29(17-25(30)28-20-8-6-18(7-9-20)26(31)35-2)36(32,33)24-5-3-4-19-16-27-15-14-23(19)24/h3-16H,17H2,1-2H3,(H,28,30). The monoisotopic (exact) mass is 505 g/mol. The zero-order valence-corrected chi connectivity index (χ0v) is 20.4. The summed E-state index contributed by atoms with van der Waals surface area (Å²) in [6, 6.07) is 19.0. The minimum absolute atomic E-state index is 0.0495. The van der Waals surface area contributed by atoms with Gasteiger partial charge in [0.2, 0.25) is 5.91 Å². The number of rotatable bonds is 8. The second-order valence-electron chi connectivity index (χ2n) is 7.68. The van der Waals surface area contributed by atoms with Gasteiger partial charge in [0.15, 0.2) is 0 Å². The molecule has 0 aliphatic carbocycles. The summed E-state index contributed by atoms with van der Waals surface area (Å²) in [5, 5.41) is 3.82. The molecule has 9 nitrogen and oxygen atoms in total. The molecule has 0 aliphatic rings. The number of nitrogens with one attached hydrogen (secondary N) is 1. The van der Waals surface area contributed by atoms with E-state index < -0.39 is 28.4 Å². The van der Waals surface area contributed by atoms with E-state index in [1.165, 1.54) is 50.7 Å². The lowest BCUT2D eigenvalue weighted by Crippen LogP contribution is -2.38. The van der Waals surface area contributed by atoms with Crippen LogP contribution in [0.3, 0.4) is 0 Å². The Morgan fingerprint density at radius 2 is 1.67 bits per heavy atom. The van der Waals surface area contributed by atoms with Gasteiger partial charge in [-0.25, -0.2) is 13.2 Å². The molecule has 0 aliphatic heterocycles. The van der Waals surface area contributed by atoms with Crippen molar-refractivity contribution in [3.05, 3.63) is 90.8 Å². The van der Waals surface area contributed by atoms with Crippen molar-refractivity contribution < 1.29 is 27.5 Å². The first-order valence-corrected chi connectivity index (χ1v) is 12.3. The summed E-state index contributed by atoms with van der Waals surface area (Å²) in [7, 11) is -1.38. The normalized spacial score (nSPS) is 11.1. The predicted octanol–water partition coefficient (Wildman–Crippen LogP) is 3.86. The first-order valence-electron chi connectivity index (χ1n) is 10.8. The molecule has 4 rings (SSSR count). The third-order valence-electron chi connectivity index (χ3n) is 5.45. The zero-order chi connectivity index (χ0) is 25.7. The van der Waals surface area contributed by atoms with Crippen LogP contribution in [0.5, 0.6) is 5.75 Å². The van der Waals surface area contributed by atoms with E-state index >= 15 is 0 Å². The number of fused-ring (bicyclic) bond motifs is 1. The fourth-order valence-corrected chi connectivity index (χ4v) is 5.28. The van der Waals surface area contributed by atoms with Crippen molar-refractivity contribution in [2.24, 2.45) is 0 Å². The van der Waals surface area contributed by atoms with Gasteiger partial charge in [-0.15, -0.1) is 0 Å². The number of aromatic nitrogens is 1. The molecule has 0 atom stereocenters. The molecule has 0 spiro atoms. The van der Waals surface area contributed by atoms with Crippen molar-refractivity contribution in [1.82, 2.24) is 4.98 Å². The Bertz CT molecular complexity index is 1500. The average molecular weight is 506 g/mol. The molecule has 0 saturated carbocycles. The fraction of sp³-hybridized carbons (Fsp3) is 0.115. The highest BCUT2D eigenvalue weighted by atomic mass is 32.2. The van der Waals surface area contributed by atoms with Crippen LogP contribution in [-0.4, -0.2) is 46.0 Å². The van der Waals surface area contributed by atoms with Crippen molar-refractivity contribution in [3.63, 3.8) is 0 Å². The summed E-state index contributed by atoms with van der Waals surface area (Å²) < 4.78 is 38.7. The highest BCUT2D eigenvalue weighted by Gasteiger charge is 2.29. The quantitative estimate of drug-likeness (QED) is 0.362. The highest BCUT2D eigenvalue weighted by molar-refractivity contribution is 7.93. The van der Waals surface area contributed by atoms with Crippen LogP contribution in [0.1, 0.15) is 10.4 Å². The van der Waals surface area contributed by atoms with E-state index in [0.29, 0.717) is 27.8 Å². The third-order valence-corrected chi connectivity index (χ3v) is 7.28. The lowest BCUT2D eigenvalue weighted by atomic mass is 10.2. The number of benzene rings is 3. The number of esters is 1. The molecule has 1 heterocycles. The van der Waals surface area contributed by atoms with Crippen molar-refractivity contribution in [2.75, 3.05) is 30.4 Å². The number of hydrogen-bond donors (Lipinski definition) is 1. The molecule has 0 bridgehead atoms. The summed E-state index contributed by atoms with van der Waals surface area (Å²) >= 11 is 0. The Labute approximate surface area is 208 Å². The van der Waals surface area contributed by atoms with Gasteiger partial charge in [0, 0.05) is 28.9 Å². The number of hydrogen-bond acceptors (Lipinski definition) is 7. The van der Waals surface area contributed by atoms with Crippen LogP contribution < -0.4 is 14.4 Å². The minimum atomic E-state index is -4.17. The zero-order valence-electron chi connectivity index (χ0n) is 19.5. The van der Waals surface area contributed by atoms with Crippen LogP contribution in [0.2, 0.25) is 0 Å². The van der Waals surface area contributed by atoms with Crippen LogP contribution in [0, 0.1) is 0 Å². The van der Waals surface area contributed by atoms with Gasteiger partial charge in [-0.3, -0.25) is 14.1 Å². The number of amides is 1. The number of carbonyl (C=O) groups excluding carboxylic acids is 2. The van der Waals surface area contributed by atoms with Gasteiger partial charge in [-0.1, -0.05) is 12.1 Å². The van der Waals surface area contributed by atoms with Crippen molar-refractivity contribution in [2.45, 2.75) is 4.90 Å². The maximum Gasteiger partial charge on any atom is 0.337 e. The molecule has 0 saturated heterocycles. The third kappa shape index (κ3) is 5.13. The highest BCUT2D eigenvalue weighted by Crippen LogP contribution is 2.30. The molecular formula is C26H23N3O6S. The Balaban J connectivity index is 1.68. The second kappa shape index (κ2) is 10.4. The van der Waals surface area contributed by atoms with Gasteiger partial charge in [0.25, 0.3) is 10.0 Å². The van der Waals surface area contributed by atoms with Crippen molar-refractivity contribution in [1.29, 1.82) is 0 Å². The topological polar surface area (TPSA) is 115 Å². The fourth-order valence-electron chi connectivity index (χ4n) is 3.64. The van der Waals surface area contributed by atoms with E-state index in [1.54, 1.807) is 48.7 Å². The van der Waals surface area contributed by atoms with Gasteiger partial charge < -0.3 is 14.8 Å². The van der Waals surface area contributed by atoms with Gasteiger partial charge in [0.1, 0.15) is 12.3 Å². The molecular weight excluding hydrogens is 482 g/mol. The Morgan fingerprint density at radius 3 is 2.33 bits per heavy atom. The van der Waals surface area contributed by atoms with E-state index in [1.807, 2.05) is 0 Å². The Hall–Kier alpha value is -4.44. The molecule has 10 heteroatoms. The van der Waals surface area contributed by atoms with Crippen LogP contribution in [-0.2, 0) is 19.6 Å². The molecule has 0 fully saturated rings.